The van der Waals surface area contributed by atoms with Crippen LogP contribution in [0.1, 0.15) is 42.0 Å². The topological polar surface area (TPSA) is 26.0 Å². The van der Waals surface area contributed by atoms with E-state index in [1.165, 1.54) is 41.5 Å². The Morgan fingerprint density at radius 2 is 2.07 bits per heavy atom. The van der Waals surface area contributed by atoms with Gasteiger partial charge in [0.25, 0.3) is 0 Å². The Kier molecular flexibility index (Phi) is 2.92. The monoisotopic (exact) mass is 201 g/mol. The molecule has 80 valence electrons. The molecule has 1 aromatic carbocycles. The molecule has 0 amide bonds. The molecule has 0 heterocycles. The molecule has 0 saturated heterocycles. The first-order chi connectivity index (χ1) is 7.20. The van der Waals surface area contributed by atoms with Gasteiger partial charge in [0.15, 0.2) is 0 Å². The second kappa shape index (κ2) is 4.19. The van der Waals surface area contributed by atoms with Gasteiger partial charge in [0.1, 0.15) is 0 Å². The predicted octanol–water partition coefficient (Wildman–Crippen LogP) is 3.41. The number of hydrogen-bond acceptors (Lipinski definition) is 1. The summed E-state index contributed by atoms with van der Waals surface area (Å²) in [6.07, 6.45) is 5.96. The van der Waals surface area contributed by atoms with Gasteiger partial charge in [-0.25, -0.2) is 0 Å². The SMILES string of the molecule is Cc1cccc(C(N)C2=CCCC2)c1C. The zero-order valence-electron chi connectivity index (χ0n) is 9.59. The van der Waals surface area contributed by atoms with Crippen molar-refractivity contribution in [2.45, 2.75) is 39.2 Å². The molecule has 1 aromatic rings. The molecule has 1 aliphatic rings. The Morgan fingerprint density at radius 1 is 1.27 bits per heavy atom. The number of rotatable bonds is 2. The van der Waals surface area contributed by atoms with E-state index in [0.29, 0.717) is 0 Å². The lowest BCUT2D eigenvalue weighted by Crippen LogP contribution is -2.14. The first-order valence-corrected chi connectivity index (χ1v) is 5.71. The first-order valence-electron chi connectivity index (χ1n) is 5.71. The summed E-state index contributed by atoms with van der Waals surface area (Å²) in [7, 11) is 0. The average molecular weight is 201 g/mol. The number of aryl methyl sites for hydroxylation is 1. The van der Waals surface area contributed by atoms with E-state index in [2.05, 4.69) is 38.1 Å². The molecule has 0 saturated carbocycles. The summed E-state index contributed by atoms with van der Waals surface area (Å²) in [5.41, 5.74) is 11.7. The molecule has 0 bridgehead atoms. The highest BCUT2D eigenvalue weighted by molar-refractivity contribution is 5.39. The van der Waals surface area contributed by atoms with E-state index < -0.39 is 0 Å². The maximum absolute atomic E-state index is 6.30. The molecule has 1 atom stereocenters. The molecule has 2 rings (SSSR count). The van der Waals surface area contributed by atoms with E-state index in [9.17, 15) is 0 Å². The summed E-state index contributed by atoms with van der Waals surface area (Å²) in [6.45, 7) is 4.31. The van der Waals surface area contributed by atoms with Crippen molar-refractivity contribution in [1.82, 2.24) is 0 Å². The number of hydrogen-bond donors (Lipinski definition) is 1. The minimum absolute atomic E-state index is 0.118. The molecule has 0 radical (unpaired) electrons. The van der Waals surface area contributed by atoms with Gasteiger partial charge in [0.05, 0.1) is 6.04 Å². The minimum Gasteiger partial charge on any atom is -0.321 e. The molecular formula is C14H19N. The lowest BCUT2D eigenvalue weighted by molar-refractivity contribution is 0.778. The van der Waals surface area contributed by atoms with Gasteiger partial charge in [-0.15, -0.1) is 0 Å². The number of benzene rings is 1. The summed E-state index contributed by atoms with van der Waals surface area (Å²) in [6, 6.07) is 6.53. The maximum atomic E-state index is 6.30. The summed E-state index contributed by atoms with van der Waals surface area (Å²) in [4.78, 5) is 0. The van der Waals surface area contributed by atoms with Crippen LogP contribution in [0.15, 0.2) is 29.8 Å². The second-order valence-electron chi connectivity index (χ2n) is 4.44. The molecule has 1 aliphatic carbocycles. The van der Waals surface area contributed by atoms with Crippen LogP contribution in [0.2, 0.25) is 0 Å². The summed E-state index contributed by atoms with van der Waals surface area (Å²) >= 11 is 0. The number of allylic oxidation sites excluding steroid dienone is 1. The lowest BCUT2D eigenvalue weighted by atomic mass is 9.93. The average Bonchev–Trinajstić information content (AvgIpc) is 2.74. The van der Waals surface area contributed by atoms with Crippen molar-refractivity contribution in [3.05, 3.63) is 46.5 Å². The Morgan fingerprint density at radius 3 is 2.73 bits per heavy atom. The summed E-state index contributed by atoms with van der Waals surface area (Å²) in [5, 5.41) is 0. The molecule has 0 aromatic heterocycles. The van der Waals surface area contributed by atoms with Crippen molar-refractivity contribution in [2.75, 3.05) is 0 Å². The van der Waals surface area contributed by atoms with E-state index >= 15 is 0 Å². The van der Waals surface area contributed by atoms with E-state index in [1.807, 2.05) is 0 Å². The van der Waals surface area contributed by atoms with Gasteiger partial charge in [-0.3, -0.25) is 0 Å². The quantitative estimate of drug-likeness (QED) is 0.729. The fourth-order valence-electron chi connectivity index (χ4n) is 2.29. The van der Waals surface area contributed by atoms with Gasteiger partial charge >= 0.3 is 0 Å². The van der Waals surface area contributed by atoms with Crippen LogP contribution in [0.5, 0.6) is 0 Å². The van der Waals surface area contributed by atoms with E-state index in [4.69, 9.17) is 5.73 Å². The van der Waals surface area contributed by atoms with E-state index in [-0.39, 0.29) is 6.04 Å². The van der Waals surface area contributed by atoms with Crippen LogP contribution >= 0.6 is 0 Å². The highest BCUT2D eigenvalue weighted by atomic mass is 14.6. The second-order valence-corrected chi connectivity index (χ2v) is 4.44. The largest absolute Gasteiger partial charge is 0.321 e. The molecule has 1 heteroatoms. The zero-order valence-corrected chi connectivity index (χ0v) is 9.59. The van der Waals surface area contributed by atoms with Crippen molar-refractivity contribution in [2.24, 2.45) is 5.73 Å². The van der Waals surface area contributed by atoms with Gasteiger partial charge in [0, 0.05) is 0 Å². The molecule has 0 fully saturated rings. The van der Waals surface area contributed by atoms with E-state index in [1.54, 1.807) is 0 Å². The van der Waals surface area contributed by atoms with Crippen LogP contribution in [-0.2, 0) is 0 Å². The molecule has 2 N–H and O–H groups in total. The van der Waals surface area contributed by atoms with Gasteiger partial charge in [-0.1, -0.05) is 29.8 Å². The fraction of sp³-hybridized carbons (Fsp3) is 0.429. The molecule has 1 unspecified atom stereocenters. The summed E-state index contributed by atoms with van der Waals surface area (Å²) in [5.74, 6) is 0. The van der Waals surface area contributed by atoms with Crippen molar-refractivity contribution >= 4 is 0 Å². The third-order valence-corrected chi connectivity index (χ3v) is 3.46. The normalized spacial score (nSPS) is 17.7. The zero-order chi connectivity index (χ0) is 10.8. The van der Waals surface area contributed by atoms with Crippen molar-refractivity contribution in [3.63, 3.8) is 0 Å². The van der Waals surface area contributed by atoms with Crippen LogP contribution in [0.25, 0.3) is 0 Å². The Hall–Kier alpha value is -1.08. The Balaban J connectivity index is 2.32. The standard InChI is InChI=1S/C14H19N/c1-10-6-5-9-13(11(10)2)14(15)12-7-3-4-8-12/h5-7,9,14H,3-4,8,15H2,1-2H3. The summed E-state index contributed by atoms with van der Waals surface area (Å²) < 4.78 is 0. The molecule has 1 nitrogen and oxygen atoms in total. The third kappa shape index (κ3) is 1.98. The van der Waals surface area contributed by atoms with Gasteiger partial charge in [-0.05, 0) is 49.8 Å². The third-order valence-electron chi connectivity index (χ3n) is 3.46. The van der Waals surface area contributed by atoms with Gasteiger partial charge in [-0.2, -0.15) is 0 Å². The fourth-order valence-corrected chi connectivity index (χ4v) is 2.29. The number of nitrogens with two attached hydrogens (primary N) is 1. The molecule has 0 spiro atoms. The Bertz CT molecular complexity index is 390. The van der Waals surface area contributed by atoms with Crippen LogP contribution in [0.4, 0.5) is 0 Å². The van der Waals surface area contributed by atoms with Crippen LogP contribution < -0.4 is 5.73 Å². The molecule has 0 aliphatic heterocycles. The maximum Gasteiger partial charge on any atom is 0.0513 e. The van der Waals surface area contributed by atoms with Crippen molar-refractivity contribution < 1.29 is 0 Å². The predicted molar refractivity (Wildman–Crippen MR) is 64.8 cm³/mol. The lowest BCUT2D eigenvalue weighted by Gasteiger charge is -2.17. The van der Waals surface area contributed by atoms with Crippen molar-refractivity contribution in [1.29, 1.82) is 0 Å². The van der Waals surface area contributed by atoms with Crippen LogP contribution in [0.3, 0.4) is 0 Å². The van der Waals surface area contributed by atoms with Crippen LogP contribution in [0, 0.1) is 13.8 Å². The first kappa shape index (κ1) is 10.4. The van der Waals surface area contributed by atoms with Gasteiger partial charge < -0.3 is 5.73 Å². The smallest absolute Gasteiger partial charge is 0.0513 e. The Labute approximate surface area is 92.0 Å². The highest BCUT2D eigenvalue weighted by Gasteiger charge is 2.16. The highest BCUT2D eigenvalue weighted by Crippen LogP contribution is 2.30. The van der Waals surface area contributed by atoms with E-state index in [0.717, 1.165) is 0 Å². The molecule has 15 heavy (non-hydrogen) atoms. The minimum atomic E-state index is 0.118. The van der Waals surface area contributed by atoms with Crippen LogP contribution in [-0.4, -0.2) is 0 Å². The van der Waals surface area contributed by atoms with Gasteiger partial charge in [0.2, 0.25) is 0 Å². The van der Waals surface area contributed by atoms with Crippen molar-refractivity contribution in [3.8, 4) is 0 Å². The molecular weight excluding hydrogens is 182 g/mol.